The average molecular weight is 599 g/mol. The van der Waals surface area contributed by atoms with Crippen molar-refractivity contribution in [3.63, 3.8) is 0 Å². The normalized spacial score (nSPS) is 15.5. The Labute approximate surface area is 202 Å². The summed E-state index contributed by atoms with van der Waals surface area (Å²) >= 11 is 5.44. The molecule has 162 valence electrons. The fraction of sp³-hybridized carbons (Fsp3) is 0.227. The number of anilines is 1. The Balaban J connectivity index is 2.02. The molecule has 31 heavy (non-hydrogen) atoms. The molecular weight excluding hydrogens is 579 g/mol. The van der Waals surface area contributed by atoms with Crippen molar-refractivity contribution >= 4 is 68.1 Å². The highest BCUT2D eigenvalue weighted by Gasteiger charge is 2.36. The van der Waals surface area contributed by atoms with Gasteiger partial charge < -0.3 is 9.47 Å². The molecule has 0 aromatic heterocycles. The average Bonchev–Trinajstić information content (AvgIpc) is 2.69. The molecule has 0 bridgehead atoms. The number of nitrogens with one attached hydrogen (secondary N) is 1. The van der Waals surface area contributed by atoms with Crippen LogP contribution < -0.4 is 19.7 Å². The third-order valence-corrected chi connectivity index (χ3v) is 5.51. The van der Waals surface area contributed by atoms with Gasteiger partial charge in [0.25, 0.3) is 11.8 Å². The number of ether oxygens (including phenoxy) is 2. The predicted octanol–water partition coefficient (Wildman–Crippen LogP) is 4.91. The number of carbonyl (C=O) groups excluding carboxylic acids is 3. The Morgan fingerprint density at radius 2 is 1.84 bits per heavy atom. The van der Waals surface area contributed by atoms with Gasteiger partial charge in [0.15, 0.2) is 11.5 Å². The quantitative estimate of drug-likeness (QED) is 0.290. The van der Waals surface area contributed by atoms with Gasteiger partial charge in [0.2, 0.25) is 0 Å². The highest BCUT2D eigenvalue weighted by Crippen LogP contribution is 2.36. The van der Waals surface area contributed by atoms with Gasteiger partial charge in [0, 0.05) is 4.47 Å². The summed E-state index contributed by atoms with van der Waals surface area (Å²) in [5.74, 6) is -0.337. The topological polar surface area (TPSA) is 84.9 Å². The van der Waals surface area contributed by atoms with E-state index in [0.717, 1.165) is 12.9 Å². The number of halogens is 2. The minimum Gasteiger partial charge on any atom is -0.490 e. The summed E-state index contributed by atoms with van der Waals surface area (Å²) in [6, 6.07) is 9.35. The molecule has 7 nitrogen and oxygen atoms in total. The minimum absolute atomic E-state index is 0.0480. The second kappa shape index (κ2) is 9.82. The molecule has 0 radical (unpaired) electrons. The van der Waals surface area contributed by atoms with Gasteiger partial charge in [-0.15, -0.1) is 0 Å². The van der Waals surface area contributed by atoms with Crippen LogP contribution in [0.3, 0.4) is 0 Å². The van der Waals surface area contributed by atoms with Crippen LogP contribution in [-0.4, -0.2) is 30.6 Å². The van der Waals surface area contributed by atoms with Crippen molar-refractivity contribution in [2.75, 3.05) is 11.5 Å². The predicted molar refractivity (Wildman–Crippen MR) is 129 cm³/mol. The van der Waals surface area contributed by atoms with E-state index < -0.39 is 17.8 Å². The molecule has 0 aliphatic carbocycles. The van der Waals surface area contributed by atoms with E-state index in [9.17, 15) is 14.4 Å². The zero-order chi connectivity index (χ0) is 22.7. The van der Waals surface area contributed by atoms with Gasteiger partial charge in [-0.25, -0.2) is 9.69 Å². The maximum Gasteiger partial charge on any atom is 0.335 e. The minimum atomic E-state index is -0.792. The van der Waals surface area contributed by atoms with Crippen LogP contribution in [0.5, 0.6) is 11.5 Å². The van der Waals surface area contributed by atoms with E-state index in [1.165, 1.54) is 6.08 Å². The molecule has 1 saturated heterocycles. The molecule has 0 atom stereocenters. The van der Waals surface area contributed by atoms with E-state index in [0.29, 0.717) is 29.4 Å². The van der Waals surface area contributed by atoms with E-state index in [2.05, 4.69) is 43.8 Å². The molecule has 1 heterocycles. The van der Waals surface area contributed by atoms with E-state index >= 15 is 0 Å². The van der Waals surface area contributed by atoms with Crippen LogP contribution in [0.4, 0.5) is 10.5 Å². The molecular formula is C22H20BrIN2O5. The van der Waals surface area contributed by atoms with Crippen LogP contribution in [0, 0.1) is 3.57 Å². The smallest absolute Gasteiger partial charge is 0.335 e. The first-order valence-electron chi connectivity index (χ1n) is 9.51. The first-order chi connectivity index (χ1) is 14.7. The zero-order valence-corrected chi connectivity index (χ0v) is 20.8. The third kappa shape index (κ3) is 5.27. The number of amides is 4. The highest BCUT2D eigenvalue weighted by atomic mass is 127. The Morgan fingerprint density at radius 1 is 1.16 bits per heavy atom. The molecule has 3 rings (SSSR count). The standard InChI is InChI=1S/C22H20BrIN2O5/c1-4-30-18-11-13(10-17(24)19(18)31-12(2)3)9-16-20(27)25-22(29)26(21(16)28)15-7-5-14(23)6-8-15/h5-12H,4H2,1-3H3,(H,25,27,29)/b16-9+. The van der Waals surface area contributed by atoms with E-state index in [1.54, 1.807) is 36.4 Å². The lowest BCUT2D eigenvalue weighted by Gasteiger charge is -2.26. The Kier molecular flexibility index (Phi) is 7.37. The lowest BCUT2D eigenvalue weighted by molar-refractivity contribution is -0.122. The van der Waals surface area contributed by atoms with Crippen LogP contribution in [0.15, 0.2) is 46.4 Å². The number of benzene rings is 2. The molecule has 2 aromatic carbocycles. The summed E-state index contributed by atoms with van der Waals surface area (Å²) in [6.45, 7) is 6.12. The van der Waals surface area contributed by atoms with Gasteiger partial charge in [-0.2, -0.15) is 0 Å². The fourth-order valence-corrected chi connectivity index (χ4v) is 3.95. The summed E-state index contributed by atoms with van der Waals surface area (Å²) in [4.78, 5) is 38.8. The molecule has 0 spiro atoms. The largest absolute Gasteiger partial charge is 0.490 e. The number of hydrogen-bond acceptors (Lipinski definition) is 5. The maximum absolute atomic E-state index is 13.1. The van der Waals surface area contributed by atoms with E-state index in [1.807, 2.05) is 20.8 Å². The highest BCUT2D eigenvalue weighted by molar-refractivity contribution is 14.1. The second-order valence-corrected chi connectivity index (χ2v) is 8.94. The first kappa shape index (κ1) is 23.3. The molecule has 0 unspecified atom stereocenters. The lowest BCUT2D eigenvalue weighted by atomic mass is 10.1. The number of hydrogen-bond donors (Lipinski definition) is 1. The van der Waals surface area contributed by atoms with Crippen molar-refractivity contribution in [1.82, 2.24) is 5.32 Å². The first-order valence-corrected chi connectivity index (χ1v) is 11.4. The van der Waals surface area contributed by atoms with Crippen molar-refractivity contribution in [2.24, 2.45) is 0 Å². The number of barbiturate groups is 1. The molecule has 0 saturated carbocycles. The molecule has 1 N–H and O–H groups in total. The SMILES string of the molecule is CCOc1cc(/C=C2\C(=O)NC(=O)N(c3ccc(Br)cc3)C2=O)cc(I)c1OC(C)C. The van der Waals surface area contributed by atoms with Crippen molar-refractivity contribution in [2.45, 2.75) is 26.9 Å². The van der Waals surface area contributed by atoms with Crippen LogP contribution in [0.1, 0.15) is 26.3 Å². The number of imide groups is 2. The molecule has 1 fully saturated rings. The second-order valence-electron chi connectivity index (χ2n) is 6.86. The number of urea groups is 1. The van der Waals surface area contributed by atoms with Gasteiger partial charge in [0.05, 0.1) is 22.0 Å². The van der Waals surface area contributed by atoms with Crippen LogP contribution in [-0.2, 0) is 9.59 Å². The molecule has 1 aliphatic rings. The van der Waals surface area contributed by atoms with Gasteiger partial charge in [0.1, 0.15) is 5.57 Å². The summed E-state index contributed by atoms with van der Waals surface area (Å²) in [5.41, 5.74) is 0.778. The Morgan fingerprint density at radius 3 is 2.45 bits per heavy atom. The van der Waals surface area contributed by atoms with E-state index in [-0.39, 0.29) is 11.7 Å². The summed E-state index contributed by atoms with van der Waals surface area (Å²) in [7, 11) is 0. The Bertz CT molecular complexity index is 1070. The van der Waals surface area contributed by atoms with Gasteiger partial charge in [-0.1, -0.05) is 15.9 Å². The van der Waals surface area contributed by atoms with Crippen molar-refractivity contribution in [1.29, 1.82) is 0 Å². The zero-order valence-electron chi connectivity index (χ0n) is 17.1. The molecule has 2 aromatic rings. The summed E-state index contributed by atoms with van der Waals surface area (Å²) < 4.78 is 13.1. The van der Waals surface area contributed by atoms with Crippen LogP contribution in [0.2, 0.25) is 0 Å². The van der Waals surface area contributed by atoms with Crippen molar-refractivity contribution in [3.05, 3.63) is 55.6 Å². The van der Waals surface area contributed by atoms with Gasteiger partial charge >= 0.3 is 6.03 Å². The molecule has 9 heteroatoms. The van der Waals surface area contributed by atoms with Gasteiger partial charge in [-0.3, -0.25) is 14.9 Å². The summed E-state index contributed by atoms with van der Waals surface area (Å²) in [5, 5.41) is 2.22. The maximum atomic E-state index is 13.1. The van der Waals surface area contributed by atoms with Crippen LogP contribution >= 0.6 is 38.5 Å². The van der Waals surface area contributed by atoms with E-state index in [4.69, 9.17) is 9.47 Å². The van der Waals surface area contributed by atoms with Gasteiger partial charge in [-0.05, 0) is 91.4 Å². The monoisotopic (exact) mass is 598 g/mol. The molecule has 1 aliphatic heterocycles. The third-order valence-electron chi connectivity index (χ3n) is 4.18. The fourth-order valence-electron chi connectivity index (χ4n) is 2.93. The number of rotatable bonds is 6. The summed E-state index contributed by atoms with van der Waals surface area (Å²) in [6.07, 6.45) is 1.40. The number of carbonyl (C=O) groups is 3. The van der Waals surface area contributed by atoms with Crippen molar-refractivity contribution < 1.29 is 23.9 Å². The Hall–Kier alpha value is -2.40. The number of nitrogens with zero attached hydrogens (tertiary/aromatic N) is 1. The van der Waals surface area contributed by atoms with Crippen LogP contribution in [0.25, 0.3) is 6.08 Å². The molecule has 4 amide bonds. The lowest BCUT2D eigenvalue weighted by Crippen LogP contribution is -2.54. The van der Waals surface area contributed by atoms with Crippen molar-refractivity contribution in [3.8, 4) is 11.5 Å².